The van der Waals surface area contributed by atoms with Gasteiger partial charge < -0.3 is 25.4 Å². The number of aromatic nitrogens is 2. The Morgan fingerprint density at radius 2 is 1.96 bits per heavy atom. The van der Waals surface area contributed by atoms with E-state index in [1.165, 1.54) is 11.9 Å². The third kappa shape index (κ3) is 7.18. The minimum absolute atomic E-state index is 0.00260. The second kappa shape index (κ2) is 13.1. The van der Waals surface area contributed by atoms with Crippen LogP contribution in [-0.4, -0.2) is 81.1 Å². The van der Waals surface area contributed by atoms with Gasteiger partial charge >= 0.3 is 0 Å². The summed E-state index contributed by atoms with van der Waals surface area (Å²) >= 11 is 6.25. The first kappa shape index (κ1) is 33.8. The van der Waals surface area contributed by atoms with Crippen LogP contribution in [0.1, 0.15) is 82.9 Å². The SMILES string of the molecule is CNC(=O)C(=O)[C@@H](CC(=O)[C@@H]1C[C@]2(CC(c3cccc(Cl)c3)=NO2)CN1C(=O)[C@@H](NC(=O)[C@H]1C[C@@H]1c1cnc[nH]1)C(C)(C)C)CC1CC1. The zero-order valence-corrected chi connectivity index (χ0v) is 28.5. The first-order chi connectivity index (χ1) is 22.8. The lowest BCUT2D eigenvalue weighted by atomic mass is 9.84. The molecular formula is C35H43ClN6O6. The van der Waals surface area contributed by atoms with Crippen LogP contribution in [0.5, 0.6) is 0 Å². The maximum Gasteiger partial charge on any atom is 0.287 e. The minimum Gasteiger partial charge on any atom is -0.387 e. The van der Waals surface area contributed by atoms with E-state index in [-0.39, 0.29) is 42.9 Å². The van der Waals surface area contributed by atoms with Gasteiger partial charge in [-0.2, -0.15) is 0 Å². The summed E-state index contributed by atoms with van der Waals surface area (Å²) in [5.74, 6) is -3.08. The maximum atomic E-state index is 14.6. The van der Waals surface area contributed by atoms with E-state index < -0.39 is 46.6 Å². The maximum absolute atomic E-state index is 14.6. The van der Waals surface area contributed by atoms with Gasteiger partial charge in [-0.15, -0.1) is 0 Å². The van der Waals surface area contributed by atoms with Crippen LogP contribution in [0.3, 0.4) is 0 Å². The molecule has 2 aliphatic heterocycles. The molecule has 6 atom stereocenters. The minimum atomic E-state index is -0.987. The molecule has 2 aromatic rings. The number of hydrogen-bond donors (Lipinski definition) is 3. The van der Waals surface area contributed by atoms with Gasteiger partial charge in [-0.1, -0.05) is 62.5 Å². The molecule has 3 fully saturated rings. The number of carbonyl (C=O) groups is 5. The molecule has 3 amide bonds. The summed E-state index contributed by atoms with van der Waals surface area (Å²) in [6.07, 6.45) is 6.61. The summed E-state index contributed by atoms with van der Waals surface area (Å²) in [6.45, 7) is 5.68. The highest BCUT2D eigenvalue weighted by Crippen LogP contribution is 2.47. The molecule has 3 N–H and O–H groups in total. The fraction of sp³-hybridized carbons (Fsp3) is 0.571. The van der Waals surface area contributed by atoms with Crippen molar-refractivity contribution in [2.75, 3.05) is 13.6 Å². The van der Waals surface area contributed by atoms with Gasteiger partial charge in [-0.3, -0.25) is 24.0 Å². The zero-order valence-electron chi connectivity index (χ0n) is 27.8. The Morgan fingerprint density at radius 1 is 1.19 bits per heavy atom. The lowest BCUT2D eigenvalue weighted by Gasteiger charge is -2.35. The van der Waals surface area contributed by atoms with E-state index >= 15 is 0 Å². The molecule has 0 radical (unpaired) electrons. The van der Waals surface area contributed by atoms with Crippen LogP contribution in [0, 0.1) is 23.2 Å². The molecule has 6 rings (SSSR count). The number of hydrogen-bond acceptors (Lipinski definition) is 8. The van der Waals surface area contributed by atoms with Crippen molar-refractivity contribution in [2.45, 2.75) is 89.3 Å². The molecule has 2 saturated carbocycles. The molecule has 256 valence electrons. The monoisotopic (exact) mass is 678 g/mol. The Morgan fingerprint density at radius 3 is 2.60 bits per heavy atom. The van der Waals surface area contributed by atoms with Crippen LogP contribution in [0.25, 0.3) is 0 Å². The van der Waals surface area contributed by atoms with Gasteiger partial charge in [0.15, 0.2) is 11.4 Å². The van der Waals surface area contributed by atoms with Gasteiger partial charge in [0.2, 0.25) is 17.6 Å². The molecule has 4 aliphatic rings. The predicted molar refractivity (Wildman–Crippen MR) is 177 cm³/mol. The number of aromatic amines is 1. The van der Waals surface area contributed by atoms with E-state index in [1.54, 1.807) is 24.7 Å². The summed E-state index contributed by atoms with van der Waals surface area (Å²) in [6, 6.07) is 5.36. The fourth-order valence-electron chi connectivity index (χ4n) is 7.09. The van der Waals surface area contributed by atoms with Crippen LogP contribution in [0.2, 0.25) is 5.02 Å². The number of H-pyrrole nitrogens is 1. The Kier molecular flexibility index (Phi) is 9.23. The fourth-order valence-corrected chi connectivity index (χ4v) is 7.28. The molecule has 13 heteroatoms. The first-order valence-electron chi connectivity index (χ1n) is 16.7. The molecule has 0 unspecified atom stereocenters. The van der Waals surface area contributed by atoms with Crippen LogP contribution in [-0.2, 0) is 28.8 Å². The summed E-state index contributed by atoms with van der Waals surface area (Å²) < 4.78 is 0. The van der Waals surface area contributed by atoms with Gasteiger partial charge in [0, 0.05) is 66.5 Å². The molecule has 0 bridgehead atoms. The van der Waals surface area contributed by atoms with Crippen molar-refractivity contribution in [1.29, 1.82) is 0 Å². The molecule has 1 saturated heterocycles. The highest BCUT2D eigenvalue weighted by molar-refractivity contribution is 6.37. The van der Waals surface area contributed by atoms with Gasteiger partial charge in [-0.25, -0.2) is 4.98 Å². The van der Waals surface area contributed by atoms with E-state index in [9.17, 15) is 24.0 Å². The largest absolute Gasteiger partial charge is 0.387 e. The first-order valence-corrected chi connectivity index (χ1v) is 17.0. The number of nitrogens with one attached hydrogen (secondary N) is 3. The molecule has 12 nitrogen and oxygen atoms in total. The normalized spacial score (nSPS) is 26.0. The third-order valence-electron chi connectivity index (χ3n) is 10.1. The summed E-state index contributed by atoms with van der Waals surface area (Å²) in [5, 5.41) is 10.3. The van der Waals surface area contributed by atoms with Gasteiger partial charge in [-0.05, 0) is 36.3 Å². The second-order valence-corrected chi connectivity index (χ2v) is 15.4. The van der Waals surface area contributed by atoms with E-state index in [0.29, 0.717) is 35.9 Å². The lowest BCUT2D eigenvalue weighted by molar-refractivity contribution is -0.145. The summed E-state index contributed by atoms with van der Waals surface area (Å²) in [4.78, 5) is 82.4. The number of ketones is 2. The van der Waals surface area contributed by atoms with Crippen molar-refractivity contribution in [3.05, 3.63) is 53.1 Å². The molecule has 1 spiro atoms. The Bertz CT molecular complexity index is 1630. The number of likely N-dealkylation sites (N-methyl/N-ethyl adjacent to an activating group) is 1. The average Bonchev–Trinajstić information content (AvgIpc) is 3.88. The number of oxime groups is 1. The molecule has 3 heterocycles. The quantitative estimate of drug-likeness (QED) is 0.289. The Balaban J connectivity index is 1.25. The second-order valence-electron chi connectivity index (χ2n) is 14.9. The summed E-state index contributed by atoms with van der Waals surface area (Å²) in [5.41, 5.74) is 0.625. The lowest BCUT2D eigenvalue weighted by Crippen LogP contribution is -2.57. The molecule has 48 heavy (non-hydrogen) atoms. The van der Waals surface area contributed by atoms with Crippen LogP contribution < -0.4 is 10.6 Å². The van der Waals surface area contributed by atoms with E-state index in [2.05, 4.69) is 25.8 Å². The van der Waals surface area contributed by atoms with E-state index in [1.807, 2.05) is 32.9 Å². The number of amides is 3. The van der Waals surface area contributed by atoms with Crippen molar-refractivity contribution in [3.8, 4) is 0 Å². The van der Waals surface area contributed by atoms with Crippen molar-refractivity contribution < 1.29 is 28.8 Å². The number of halogens is 1. The highest BCUT2D eigenvalue weighted by atomic mass is 35.5. The zero-order chi connectivity index (χ0) is 34.4. The van der Waals surface area contributed by atoms with Gasteiger partial charge in [0.05, 0.1) is 24.6 Å². The van der Waals surface area contributed by atoms with Crippen LogP contribution >= 0.6 is 11.6 Å². The van der Waals surface area contributed by atoms with Crippen molar-refractivity contribution >= 4 is 46.6 Å². The number of Topliss-reactive ketones (excluding diaryl/α,β-unsaturated/α-hetero) is 2. The van der Waals surface area contributed by atoms with Crippen LogP contribution in [0.4, 0.5) is 0 Å². The van der Waals surface area contributed by atoms with Crippen molar-refractivity contribution in [1.82, 2.24) is 25.5 Å². The van der Waals surface area contributed by atoms with E-state index in [0.717, 1.165) is 24.1 Å². The Labute approximate surface area is 284 Å². The molecular weight excluding hydrogens is 636 g/mol. The van der Waals surface area contributed by atoms with Crippen molar-refractivity contribution in [2.24, 2.45) is 28.3 Å². The number of rotatable bonds is 12. The average molecular weight is 679 g/mol. The number of likely N-dealkylation sites (tertiary alicyclic amines) is 1. The number of nitrogens with zero attached hydrogens (tertiary/aromatic N) is 3. The smallest absolute Gasteiger partial charge is 0.287 e. The predicted octanol–water partition coefficient (Wildman–Crippen LogP) is 3.55. The molecule has 1 aromatic heterocycles. The molecule has 2 aliphatic carbocycles. The number of imidazole rings is 1. The van der Waals surface area contributed by atoms with Gasteiger partial charge in [0.1, 0.15) is 6.04 Å². The standard InChI is InChI=1S/C35H43ClN6O6/c1-34(2,3)30(40-31(45)24-13-23(24)26-16-38-18-39-26)33(47)42-17-35(14-25(41-48-35)20-6-5-7-22(36)11-20)15-27(42)28(43)12-21(10-19-8-9-19)29(44)32(46)37-4/h5-7,11,16,18-19,21,23-24,27,30H,8-10,12-15,17H2,1-4H3,(H,37,46)(H,38,39)(H,40,45)/t21-,23+,24+,27+,30-,35-/m1/s1. The number of benzene rings is 1. The van der Waals surface area contributed by atoms with E-state index in [4.69, 9.17) is 16.4 Å². The topological polar surface area (TPSA) is 163 Å². The highest BCUT2D eigenvalue weighted by Gasteiger charge is 2.56. The van der Waals surface area contributed by atoms with Crippen molar-refractivity contribution in [3.63, 3.8) is 0 Å². The van der Waals surface area contributed by atoms with Gasteiger partial charge in [0.25, 0.3) is 5.91 Å². The number of carbonyl (C=O) groups excluding carboxylic acids is 5. The Hall–Kier alpha value is -4.06. The summed E-state index contributed by atoms with van der Waals surface area (Å²) in [7, 11) is 1.39. The molecule has 1 aromatic carbocycles. The van der Waals surface area contributed by atoms with Crippen LogP contribution in [0.15, 0.2) is 41.9 Å². The third-order valence-corrected chi connectivity index (χ3v) is 10.3.